The molecule has 0 unspecified atom stereocenters. The Bertz CT molecular complexity index is 1310. The van der Waals surface area contributed by atoms with Crippen molar-refractivity contribution in [2.45, 2.75) is 18.2 Å². The monoisotopic (exact) mass is 553 g/mol. The van der Waals surface area contributed by atoms with E-state index in [-0.39, 0.29) is 11.9 Å². The highest BCUT2D eigenvalue weighted by Crippen LogP contribution is 2.56. The first kappa shape index (κ1) is 19.8. The number of benzene rings is 3. The molecule has 0 aliphatic carbocycles. The molecular weight excluding hydrogens is 538 g/mol. The number of carbonyl (C=O) groups is 1. The molecule has 160 valence electrons. The van der Waals surface area contributed by atoms with Gasteiger partial charge in [0.2, 0.25) is 0 Å². The summed E-state index contributed by atoms with van der Waals surface area (Å²) in [6, 6.07) is 19.3. The first-order valence-corrected chi connectivity index (χ1v) is 11.7. The summed E-state index contributed by atoms with van der Waals surface area (Å²) in [5, 5.41) is 9.78. The lowest BCUT2D eigenvalue weighted by atomic mass is 9.92. The number of para-hydroxylation sites is 1. The maximum Gasteiger partial charge on any atom is 0.306 e. The summed E-state index contributed by atoms with van der Waals surface area (Å²) in [6.07, 6.45) is 0.642. The minimum absolute atomic E-state index is 0.178. The third kappa shape index (κ3) is 2.69. The van der Waals surface area contributed by atoms with Gasteiger partial charge in [0.25, 0.3) is 5.91 Å². The van der Waals surface area contributed by atoms with Crippen molar-refractivity contribution in [1.29, 1.82) is 0 Å². The number of amides is 1. The Balaban J connectivity index is 1.59. The van der Waals surface area contributed by atoms with Gasteiger partial charge in [0.1, 0.15) is 0 Å². The predicted molar refractivity (Wildman–Crippen MR) is 128 cm³/mol. The van der Waals surface area contributed by atoms with E-state index in [0.29, 0.717) is 23.6 Å². The highest BCUT2D eigenvalue weighted by Gasteiger charge is 2.61. The molecule has 0 saturated heterocycles. The van der Waals surface area contributed by atoms with Crippen molar-refractivity contribution < 1.29 is 14.3 Å². The lowest BCUT2D eigenvalue weighted by Gasteiger charge is -2.44. The largest absolute Gasteiger partial charge is 0.493 e. The molecule has 3 aliphatic heterocycles. The van der Waals surface area contributed by atoms with Gasteiger partial charge in [0.15, 0.2) is 11.5 Å². The van der Waals surface area contributed by atoms with E-state index in [0.717, 1.165) is 31.3 Å². The molecule has 1 N–H and O–H groups in total. The standard InChI is InChI=1S/C24H17Br2N3O3/c1-31-21-4-2-3-16-20-12-19(13-5-7-14(25)8-6-13)28-29(20)24(32-22(16)21)17-11-15(26)9-10-18(17)27-23(24)30/h2-11,20H,12H2,1H3,(H,27,30)/t20-,24+/m1/s1. The lowest BCUT2D eigenvalue weighted by Crippen LogP contribution is -2.55. The van der Waals surface area contributed by atoms with Gasteiger partial charge >= 0.3 is 5.72 Å². The lowest BCUT2D eigenvalue weighted by molar-refractivity contribution is -0.161. The second-order valence-corrected chi connectivity index (χ2v) is 9.72. The van der Waals surface area contributed by atoms with Crippen LogP contribution >= 0.6 is 31.9 Å². The highest BCUT2D eigenvalue weighted by molar-refractivity contribution is 9.10. The van der Waals surface area contributed by atoms with Crippen molar-refractivity contribution in [3.05, 3.63) is 86.3 Å². The molecule has 6 nitrogen and oxygen atoms in total. The molecule has 0 bridgehead atoms. The number of halogens is 2. The maximum absolute atomic E-state index is 13.5. The van der Waals surface area contributed by atoms with Gasteiger partial charge in [-0.25, -0.2) is 5.01 Å². The molecule has 0 aromatic heterocycles. The van der Waals surface area contributed by atoms with Crippen molar-refractivity contribution >= 4 is 49.2 Å². The molecule has 32 heavy (non-hydrogen) atoms. The first-order valence-electron chi connectivity index (χ1n) is 10.1. The molecular formula is C24H17Br2N3O3. The summed E-state index contributed by atoms with van der Waals surface area (Å²) in [4.78, 5) is 13.5. The van der Waals surface area contributed by atoms with Crippen LogP contribution in [0.5, 0.6) is 11.5 Å². The van der Waals surface area contributed by atoms with Crippen molar-refractivity contribution in [2.24, 2.45) is 5.10 Å². The van der Waals surface area contributed by atoms with Crippen LogP contribution in [0.3, 0.4) is 0 Å². The van der Waals surface area contributed by atoms with Crippen molar-refractivity contribution in [2.75, 3.05) is 12.4 Å². The Kier molecular flexibility index (Phi) is 4.39. The summed E-state index contributed by atoms with van der Waals surface area (Å²) in [5.41, 5.74) is 2.86. The number of rotatable bonds is 2. The van der Waals surface area contributed by atoms with Crippen LogP contribution in [0, 0.1) is 0 Å². The van der Waals surface area contributed by atoms with Gasteiger partial charge in [-0.3, -0.25) is 4.79 Å². The number of anilines is 1. The van der Waals surface area contributed by atoms with E-state index in [9.17, 15) is 4.79 Å². The van der Waals surface area contributed by atoms with Gasteiger partial charge in [0.05, 0.1) is 30.1 Å². The second kappa shape index (κ2) is 7.08. The molecule has 3 heterocycles. The molecule has 1 spiro atoms. The Morgan fingerprint density at radius 1 is 1.12 bits per heavy atom. The summed E-state index contributed by atoms with van der Waals surface area (Å²) in [5.74, 6) is 0.898. The molecule has 3 aromatic rings. The van der Waals surface area contributed by atoms with Gasteiger partial charge < -0.3 is 14.8 Å². The van der Waals surface area contributed by atoms with Gasteiger partial charge in [0, 0.05) is 20.9 Å². The average Bonchev–Trinajstić information content (AvgIpc) is 3.35. The van der Waals surface area contributed by atoms with E-state index in [1.54, 1.807) is 7.11 Å². The third-order valence-electron chi connectivity index (χ3n) is 6.15. The topological polar surface area (TPSA) is 63.2 Å². The van der Waals surface area contributed by atoms with E-state index < -0.39 is 5.72 Å². The first-order chi connectivity index (χ1) is 15.5. The fraction of sp³-hybridized carbons (Fsp3) is 0.167. The van der Waals surface area contributed by atoms with E-state index in [4.69, 9.17) is 14.6 Å². The minimum atomic E-state index is -1.43. The SMILES string of the molecule is COc1cccc2c1O[C@@]1(C(=O)Nc3ccc(Br)cc31)N1N=C(c3ccc(Br)cc3)C[C@H]21. The molecule has 8 heteroatoms. The summed E-state index contributed by atoms with van der Waals surface area (Å²) in [6.45, 7) is 0. The number of hydrogen-bond acceptors (Lipinski definition) is 5. The van der Waals surface area contributed by atoms with Crippen LogP contribution in [-0.2, 0) is 10.5 Å². The van der Waals surface area contributed by atoms with E-state index in [1.807, 2.05) is 65.7 Å². The number of nitrogens with one attached hydrogen (secondary N) is 1. The molecule has 2 atom stereocenters. The van der Waals surface area contributed by atoms with E-state index >= 15 is 0 Å². The normalized spacial score (nSPS) is 22.6. The number of ether oxygens (including phenoxy) is 2. The molecule has 0 saturated carbocycles. The van der Waals surface area contributed by atoms with Gasteiger partial charge in [-0.15, -0.1) is 0 Å². The van der Waals surface area contributed by atoms with Crippen molar-refractivity contribution in [3.63, 3.8) is 0 Å². The van der Waals surface area contributed by atoms with Crippen molar-refractivity contribution in [1.82, 2.24) is 5.01 Å². The molecule has 6 rings (SSSR count). The van der Waals surface area contributed by atoms with Crippen LogP contribution in [0.25, 0.3) is 0 Å². The van der Waals surface area contributed by atoms with Crippen molar-refractivity contribution in [3.8, 4) is 11.5 Å². The molecule has 1 amide bonds. The Morgan fingerprint density at radius 2 is 1.91 bits per heavy atom. The summed E-state index contributed by atoms with van der Waals surface area (Å²) in [7, 11) is 1.61. The number of carbonyl (C=O) groups excluding carboxylic acids is 1. The number of methoxy groups -OCH3 is 1. The Morgan fingerprint density at radius 3 is 2.69 bits per heavy atom. The van der Waals surface area contributed by atoms with Gasteiger partial charge in [-0.05, 0) is 42.0 Å². The quantitative estimate of drug-likeness (QED) is 0.450. The van der Waals surface area contributed by atoms with Crippen LogP contribution in [0.1, 0.15) is 29.2 Å². The Labute approximate surface area is 201 Å². The van der Waals surface area contributed by atoms with Gasteiger partial charge in [-0.2, -0.15) is 5.10 Å². The molecule has 0 radical (unpaired) electrons. The predicted octanol–water partition coefficient (Wildman–Crippen LogP) is 5.57. The molecule has 0 fully saturated rings. The zero-order chi connectivity index (χ0) is 22.0. The van der Waals surface area contributed by atoms with Gasteiger partial charge in [-0.1, -0.05) is 56.1 Å². The highest BCUT2D eigenvalue weighted by atomic mass is 79.9. The second-order valence-electron chi connectivity index (χ2n) is 7.89. The van der Waals surface area contributed by atoms with Crippen LogP contribution in [0.15, 0.2) is 74.7 Å². The third-order valence-corrected chi connectivity index (χ3v) is 7.17. The van der Waals surface area contributed by atoms with E-state index in [2.05, 4.69) is 37.2 Å². The average molecular weight is 555 g/mol. The fourth-order valence-electron chi connectivity index (χ4n) is 4.68. The number of hydrogen-bond donors (Lipinski definition) is 1. The number of hydrazone groups is 1. The van der Waals surface area contributed by atoms with Crippen LogP contribution in [0.2, 0.25) is 0 Å². The smallest absolute Gasteiger partial charge is 0.306 e. The fourth-order valence-corrected chi connectivity index (χ4v) is 5.31. The van der Waals surface area contributed by atoms with Crippen LogP contribution in [-0.4, -0.2) is 23.7 Å². The Hall–Kier alpha value is -2.84. The summed E-state index contributed by atoms with van der Waals surface area (Å²) >= 11 is 7.04. The summed E-state index contributed by atoms with van der Waals surface area (Å²) < 4.78 is 14.0. The number of fused-ring (bicyclic) bond motifs is 6. The zero-order valence-corrected chi connectivity index (χ0v) is 20.1. The minimum Gasteiger partial charge on any atom is -0.493 e. The molecule has 3 aliphatic rings. The maximum atomic E-state index is 13.5. The zero-order valence-electron chi connectivity index (χ0n) is 16.9. The van der Waals surface area contributed by atoms with Crippen LogP contribution < -0.4 is 14.8 Å². The molecule has 3 aromatic carbocycles. The van der Waals surface area contributed by atoms with E-state index in [1.165, 1.54) is 0 Å². The van der Waals surface area contributed by atoms with Crippen LogP contribution in [0.4, 0.5) is 5.69 Å². The number of nitrogens with zero attached hydrogens (tertiary/aromatic N) is 2.